The van der Waals surface area contributed by atoms with Crippen LogP contribution in [-0.2, 0) is 7.05 Å². The third-order valence-corrected chi connectivity index (χ3v) is 2.78. The number of non-ortho nitro benzene ring substituents is 2. The second kappa shape index (κ2) is 4.12. The van der Waals surface area contributed by atoms with Gasteiger partial charge in [-0.1, -0.05) is 0 Å². The first-order chi connectivity index (χ1) is 8.82. The lowest BCUT2D eigenvalue weighted by Crippen LogP contribution is -2.21. The lowest BCUT2D eigenvalue weighted by molar-refractivity contribution is -0.393. The zero-order chi connectivity index (χ0) is 14.3. The Hall–Kier alpha value is -2.84. The molecule has 0 aliphatic heterocycles. The summed E-state index contributed by atoms with van der Waals surface area (Å²) in [4.78, 5) is 36.1. The van der Waals surface area contributed by atoms with E-state index in [4.69, 9.17) is 0 Å². The molecule has 1 aromatic heterocycles. The van der Waals surface area contributed by atoms with Gasteiger partial charge in [-0.2, -0.15) is 0 Å². The van der Waals surface area contributed by atoms with E-state index in [2.05, 4.69) is 4.98 Å². The van der Waals surface area contributed by atoms with Gasteiger partial charge in [0.2, 0.25) is 0 Å². The average molecular weight is 264 g/mol. The molecule has 0 spiro atoms. The Morgan fingerprint density at radius 2 is 1.84 bits per heavy atom. The van der Waals surface area contributed by atoms with E-state index in [1.807, 2.05) is 0 Å². The summed E-state index contributed by atoms with van der Waals surface area (Å²) in [6, 6.07) is 1.82. The van der Waals surface area contributed by atoms with E-state index in [9.17, 15) is 25.0 Å². The van der Waals surface area contributed by atoms with Crippen molar-refractivity contribution < 1.29 is 9.85 Å². The van der Waals surface area contributed by atoms with Crippen molar-refractivity contribution in [2.24, 2.45) is 7.05 Å². The second-order valence-electron chi connectivity index (χ2n) is 3.90. The highest BCUT2D eigenvalue weighted by Gasteiger charge is 2.23. The van der Waals surface area contributed by atoms with Gasteiger partial charge in [0, 0.05) is 13.1 Å². The third kappa shape index (κ3) is 1.90. The largest absolute Gasteiger partial charge is 0.299 e. The monoisotopic (exact) mass is 264 g/mol. The molecule has 0 amide bonds. The van der Waals surface area contributed by atoms with Gasteiger partial charge < -0.3 is 0 Å². The van der Waals surface area contributed by atoms with Crippen molar-refractivity contribution in [2.75, 3.05) is 0 Å². The summed E-state index contributed by atoms with van der Waals surface area (Å²) in [5, 5.41) is 21.4. The Bertz CT molecular complexity index is 780. The van der Waals surface area contributed by atoms with E-state index in [1.165, 1.54) is 14.0 Å². The van der Waals surface area contributed by atoms with Crippen LogP contribution in [0.1, 0.15) is 5.82 Å². The minimum atomic E-state index is -0.826. The summed E-state index contributed by atoms with van der Waals surface area (Å²) in [6.07, 6.45) is 0. The van der Waals surface area contributed by atoms with Crippen LogP contribution < -0.4 is 5.56 Å². The number of fused-ring (bicyclic) bond motifs is 1. The molecule has 0 N–H and O–H groups in total. The Balaban J connectivity index is 3.04. The van der Waals surface area contributed by atoms with Crippen LogP contribution in [0.25, 0.3) is 10.9 Å². The van der Waals surface area contributed by atoms with Gasteiger partial charge in [-0.15, -0.1) is 0 Å². The number of benzene rings is 1. The van der Waals surface area contributed by atoms with Crippen LogP contribution in [0.5, 0.6) is 0 Å². The Morgan fingerprint density at radius 3 is 2.37 bits per heavy atom. The fourth-order valence-electron chi connectivity index (χ4n) is 1.72. The van der Waals surface area contributed by atoms with E-state index >= 15 is 0 Å². The van der Waals surface area contributed by atoms with Crippen molar-refractivity contribution in [3.8, 4) is 0 Å². The molecule has 1 aromatic carbocycles. The summed E-state index contributed by atoms with van der Waals surface area (Å²) < 4.78 is 1.15. The topological polar surface area (TPSA) is 121 Å². The maximum Gasteiger partial charge on any atom is 0.291 e. The molecule has 2 aromatic rings. The van der Waals surface area contributed by atoms with Gasteiger partial charge in [0.05, 0.1) is 21.4 Å². The van der Waals surface area contributed by atoms with Gasteiger partial charge >= 0.3 is 0 Å². The van der Waals surface area contributed by atoms with Crippen LogP contribution in [0.15, 0.2) is 16.9 Å². The van der Waals surface area contributed by atoms with Crippen LogP contribution in [0.4, 0.5) is 11.4 Å². The highest BCUT2D eigenvalue weighted by molar-refractivity contribution is 5.89. The number of aromatic nitrogens is 2. The minimum Gasteiger partial charge on any atom is -0.299 e. The molecule has 9 heteroatoms. The molecular formula is C10H8N4O5. The van der Waals surface area contributed by atoms with Crippen molar-refractivity contribution in [2.45, 2.75) is 6.92 Å². The van der Waals surface area contributed by atoms with Crippen molar-refractivity contribution in [3.05, 3.63) is 48.5 Å². The van der Waals surface area contributed by atoms with Crippen molar-refractivity contribution in [1.29, 1.82) is 0 Å². The molecule has 0 aliphatic rings. The lowest BCUT2D eigenvalue weighted by atomic mass is 10.2. The molecular weight excluding hydrogens is 256 g/mol. The summed E-state index contributed by atoms with van der Waals surface area (Å²) >= 11 is 0. The van der Waals surface area contributed by atoms with Gasteiger partial charge in [0.25, 0.3) is 16.9 Å². The van der Waals surface area contributed by atoms with Crippen molar-refractivity contribution in [1.82, 2.24) is 9.55 Å². The Morgan fingerprint density at radius 1 is 1.21 bits per heavy atom. The van der Waals surface area contributed by atoms with Gasteiger partial charge in [0.1, 0.15) is 11.2 Å². The highest BCUT2D eigenvalue weighted by Crippen LogP contribution is 2.27. The molecule has 98 valence electrons. The first kappa shape index (κ1) is 12.6. The fourth-order valence-corrected chi connectivity index (χ4v) is 1.72. The smallest absolute Gasteiger partial charge is 0.291 e. The summed E-state index contributed by atoms with van der Waals surface area (Å²) in [5.74, 6) is 0.312. The fraction of sp³-hybridized carbons (Fsp3) is 0.200. The molecule has 1 heterocycles. The predicted molar refractivity (Wildman–Crippen MR) is 65.0 cm³/mol. The number of hydrogen-bond donors (Lipinski definition) is 0. The maximum atomic E-state index is 12.0. The minimum absolute atomic E-state index is 0.0542. The van der Waals surface area contributed by atoms with Gasteiger partial charge in [0.15, 0.2) is 0 Å². The predicted octanol–water partition coefficient (Wildman–Crippen LogP) is 1.06. The molecule has 0 aliphatic carbocycles. The third-order valence-electron chi connectivity index (χ3n) is 2.78. The van der Waals surface area contributed by atoms with E-state index in [1.54, 1.807) is 0 Å². The first-order valence-electron chi connectivity index (χ1n) is 5.13. The zero-order valence-corrected chi connectivity index (χ0v) is 9.98. The van der Waals surface area contributed by atoms with Crippen LogP contribution in [0.3, 0.4) is 0 Å². The van der Waals surface area contributed by atoms with Crippen LogP contribution in [0.2, 0.25) is 0 Å². The first-order valence-corrected chi connectivity index (χ1v) is 5.13. The number of nitro groups is 2. The van der Waals surface area contributed by atoms with Crippen molar-refractivity contribution in [3.63, 3.8) is 0 Å². The van der Waals surface area contributed by atoms with Crippen LogP contribution in [0, 0.1) is 27.2 Å². The number of aryl methyl sites for hydroxylation is 1. The highest BCUT2D eigenvalue weighted by atomic mass is 16.6. The molecule has 19 heavy (non-hydrogen) atoms. The van der Waals surface area contributed by atoms with E-state index < -0.39 is 26.8 Å². The number of hydrogen-bond acceptors (Lipinski definition) is 6. The molecule has 9 nitrogen and oxygen atoms in total. The van der Waals surface area contributed by atoms with Gasteiger partial charge in [-0.3, -0.25) is 29.6 Å². The van der Waals surface area contributed by atoms with Crippen LogP contribution >= 0.6 is 0 Å². The standard InChI is InChI=1S/C10H8N4O5/c1-5-11-7-3-6(13(16)17)4-8(14(18)19)9(7)10(15)12(5)2/h3-4H,1-2H3. The molecule has 0 unspecified atom stereocenters. The summed E-state index contributed by atoms with van der Waals surface area (Å²) in [5.41, 5.74) is -1.75. The van der Waals surface area contributed by atoms with E-state index in [-0.39, 0.29) is 10.9 Å². The molecule has 0 saturated heterocycles. The Kier molecular flexibility index (Phi) is 2.74. The summed E-state index contributed by atoms with van der Waals surface area (Å²) in [6.45, 7) is 1.53. The molecule has 0 radical (unpaired) electrons. The molecule has 0 fully saturated rings. The van der Waals surface area contributed by atoms with Crippen LogP contribution in [-0.4, -0.2) is 19.4 Å². The number of nitro benzene ring substituents is 2. The van der Waals surface area contributed by atoms with E-state index in [0.29, 0.717) is 5.82 Å². The molecule has 0 saturated carbocycles. The number of rotatable bonds is 2. The SMILES string of the molecule is Cc1nc2cc([N+](=O)[O-])cc([N+](=O)[O-])c2c(=O)n1C. The zero-order valence-electron chi connectivity index (χ0n) is 9.98. The van der Waals surface area contributed by atoms with Gasteiger partial charge in [-0.05, 0) is 6.92 Å². The molecule has 2 rings (SSSR count). The Labute approximate surface area is 105 Å². The molecule has 0 atom stereocenters. The average Bonchev–Trinajstić information content (AvgIpc) is 2.34. The maximum absolute atomic E-state index is 12.0. The normalized spacial score (nSPS) is 10.6. The van der Waals surface area contributed by atoms with Gasteiger partial charge in [-0.25, -0.2) is 4.98 Å². The number of nitrogens with zero attached hydrogens (tertiary/aromatic N) is 4. The summed E-state index contributed by atoms with van der Waals surface area (Å²) in [7, 11) is 1.43. The van der Waals surface area contributed by atoms with E-state index in [0.717, 1.165) is 16.7 Å². The van der Waals surface area contributed by atoms with Crippen molar-refractivity contribution >= 4 is 22.3 Å². The quantitative estimate of drug-likeness (QED) is 0.590. The lowest BCUT2D eigenvalue weighted by Gasteiger charge is -2.05. The second-order valence-corrected chi connectivity index (χ2v) is 3.90. The molecule has 0 bridgehead atoms.